The molecule has 0 aliphatic rings. The second kappa shape index (κ2) is 3.89. The van der Waals surface area contributed by atoms with Crippen LogP contribution < -0.4 is 0 Å². The Hall–Kier alpha value is -1.58. The molecule has 70 valence electrons. The number of nitrogens with zero attached hydrogens (tertiary/aromatic N) is 1. The molecule has 1 aromatic rings. The Morgan fingerprint density at radius 3 is 2.92 bits per heavy atom. The first kappa shape index (κ1) is 9.51. The van der Waals surface area contributed by atoms with Gasteiger partial charge in [-0.15, -0.1) is 6.58 Å². The average molecular weight is 180 g/mol. The molecule has 13 heavy (non-hydrogen) atoms. The predicted molar refractivity (Wildman–Crippen MR) is 48.8 cm³/mol. The van der Waals surface area contributed by atoms with Gasteiger partial charge in [0.05, 0.1) is 0 Å². The molecule has 0 spiro atoms. The SMILES string of the molecule is C=CCc1[nH]nc(C(=O)O)c1CC. The molecule has 0 amide bonds. The Morgan fingerprint density at radius 2 is 2.46 bits per heavy atom. The smallest absolute Gasteiger partial charge is 0.356 e. The number of nitrogens with one attached hydrogen (secondary N) is 1. The Bertz CT molecular complexity index is 328. The highest BCUT2D eigenvalue weighted by Crippen LogP contribution is 2.12. The van der Waals surface area contributed by atoms with E-state index in [1.807, 2.05) is 6.92 Å². The predicted octanol–water partition coefficient (Wildman–Crippen LogP) is 1.40. The van der Waals surface area contributed by atoms with Crippen molar-refractivity contribution in [2.24, 2.45) is 0 Å². The topological polar surface area (TPSA) is 66.0 Å². The lowest BCUT2D eigenvalue weighted by atomic mass is 10.1. The second-order valence-corrected chi connectivity index (χ2v) is 2.68. The molecule has 0 atom stereocenters. The molecular formula is C9H12N2O2. The van der Waals surface area contributed by atoms with Gasteiger partial charge in [-0.05, 0) is 6.42 Å². The van der Waals surface area contributed by atoms with Gasteiger partial charge in [0, 0.05) is 17.7 Å². The standard InChI is InChI=1S/C9H12N2O2/c1-3-5-7-6(4-2)8(9(12)13)11-10-7/h3H,1,4-5H2,2H3,(H,10,11)(H,12,13). The first-order valence-corrected chi connectivity index (χ1v) is 4.11. The first-order valence-electron chi connectivity index (χ1n) is 4.11. The van der Waals surface area contributed by atoms with Crippen LogP contribution in [0.2, 0.25) is 0 Å². The highest BCUT2D eigenvalue weighted by Gasteiger charge is 2.15. The highest BCUT2D eigenvalue weighted by molar-refractivity contribution is 5.87. The van der Waals surface area contributed by atoms with Crippen molar-refractivity contribution < 1.29 is 9.90 Å². The number of hydrogen-bond acceptors (Lipinski definition) is 2. The number of hydrogen-bond donors (Lipinski definition) is 2. The van der Waals surface area contributed by atoms with Gasteiger partial charge in [0.25, 0.3) is 0 Å². The van der Waals surface area contributed by atoms with Crippen LogP contribution in [0.25, 0.3) is 0 Å². The van der Waals surface area contributed by atoms with Gasteiger partial charge in [0.1, 0.15) is 0 Å². The fraction of sp³-hybridized carbons (Fsp3) is 0.333. The van der Waals surface area contributed by atoms with E-state index in [0.717, 1.165) is 11.3 Å². The maximum atomic E-state index is 10.7. The van der Waals surface area contributed by atoms with Gasteiger partial charge in [0.2, 0.25) is 0 Å². The Labute approximate surface area is 76.3 Å². The fourth-order valence-corrected chi connectivity index (χ4v) is 1.27. The summed E-state index contributed by atoms with van der Waals surface area (Å²) in [7, 11) is 0. The first-order chi connectivity index (χ1) is 6.20. The van der Waals surface area contributed by atoms with Crippen molar-refractivity contribution >= 4 is 5.97 Å². The molecule has 0 aliphatic carbocycles. The number of carboxylic acid groups (broad SMARTS) is 1. The van der Waals surface area contributed by atoms with E-state index in [1.165, 1.54) is 0 Å². The summed E-state index contributed by atoms with van der Waals surface area (Å²) in [5, 5.41) is 15.2. The van der Waals surface area contributed by atoms with Crippen LogP contribution in [0, 0.1) is 0 Å². The number of aromatic carboxylic acids is 1. The summed E-state index contributed by atoms with van der Waals surface area (Å²) >= 11 is 0. The van der Waals surface area contributed by atoms with Gasteiger partial charge in [0.15, 0.2) is 5.69 Å². The van der Waals surface area contributed by atoms with Crippen molar-refractivity contribution in [2.45, 2.75) is 19.8 Å². The Kier molecular flexibility index (Phi) is 2.84. The summed E-state index contributed by atoms with van der Waals surface area (Å²) < 4.78 is 0. The quantitative estimate of drug-likeness (QED) is 0.688. The molecule has 0 saturated carbocycles. The van der Waals surface area contributed by atoms with Gasteiger partial charge in [-0.3, -0.25) is 5.10 Å². The van der Waals surface area contributed by atoms with Crippen molar-refractivity contribution in [1.29, 1.82) is 0 Å². The molecule has 4 nitrogen and oxygen atoms in total. The van der Waals surface area contributed by atoms with Crippen molar-refractivity contribution in [3.8, 4) is 0 Å². The Morgan fingerprint density at radius 1 is 1.77 bits per heavy atom. The second-order valence-electron chi connectivity index (χ2n) is 2.68. The Balaban J connectivity index is 3.09. The van der Waals surface area contributed by atoms with E-state index in [0.29, 0.717) is 12.8 Å². The summed E-state index contributed by atoms with van der Waals surface area (Å²) in [5.41, 5.74) is 1.74. The van der Waals surface area contributed by atoms with Crippen molar-refractivity contribution in [1.82, 2.24) is 10.2 Å². The summed E-state index contributed by atoms with van der Waals surface area (Å²) in [6.45, 7) is 5.50. The number of rotatable bonds is 4. The molecule has 0 radical (unpaired) electrons. The number of allylic oxidation sites excluding steroid dienone is 1. The van der Waals surface area contributed by atoms with Crippen molar-refractivity contribution in [3.05, 3.63) is 29.6 Å². The van der Waals surface area contributed by atoms with Crippen LogP contribution in [0.15, 0.2) is 12.7 Å². The molecule has 1 heterocycles. The summed E-state index contributed by atoms with van der Waals surface area (Å²) in [6.07, 6.45) is 3.02. The minimum absolute atomic E-state index is 0.124. The minimum atomic E-state index is -0.983. The zero-order valence-corrected chi connectivity index (χ0v) is 7.50. The number of aromatic nitrogens is 2. The molecule has 0 bridgehead atoms. The molecule has 1 aromatic heterocycles. The number of carboxylic acids is 1. The lowest BCUT2D eigenvalue weighted by Gasteiger charge is -1.96. The highest BCUT2D eigenvalue weighted by atomic mass is 16.4. The van der Waals surface area contributed by atoms with Crippen LogP contribution in [0.3, 0.4) is 0 Å². The number of aromatic amines is 1. The zero-order valence-electron chi connectivity index (χ0n) is 7.50. The van der Waals surface area contributed by atoms with Gasteiger partial charge in [-0.2, -0.15) is 5.10 Å². The van der Waals surface area contributed by atoms with Gasteiger partial charge in [-0.1, -0.05) is 13.0 Å². The molecule has 2 N–H and O–H groups in total. The van der Waals surface area contributed by atoms with Gasteiger partial charge >= 0.3 is 5.97 Å². The maximum Gasteiger partial charge on any atom is 0.356 e. The zero-order chi connectivity index (χ0) is 9.84. The fourth-order valence-electron chi connectivity index (χ4n) is 1.27. The molecule has 0 saturated heterocycles. The van der Waals surface area contributed by atoms with Crippen LogP contribution in [0.5, 0.6) is 0 Å². The molecule has 0 unspecified atom stereocenters. The molecular weight excluding hydrogens is 168 g/mol. The van der Waals surface area contributed by atoms with Crippen molar-refractivity contribution in [2.75, 3.05) is 0 Å². The van der Waals surface area contributed by atoms with Gasteiger partial charge < -0.3 is 5.11 Å². The monoisotopic (exact) mass is 180 g/mol. The summed E-state index contributed by atoms with van der Waals surface area (Å²) in [5.74, 6) is -0.983. The number of H-pyrrole nitrogens is 1. The summed E-state index contributed by atoms with van der Waals surface area (Å²) in [4.78, 5) is 10.7. The lowest BCUT2D eigenvalue weighted by molar-refractivity contribution is 0.0689. The van der Waals surface area contributed by atoms with Crippen LogP contribution >= 0.6 is 0 Å². The molecule has 0 aromatic carbocycles. The van der Waals surface area contributed by atoms with Crippen LogP contribution in [-0.2, 0) is 12.8 Å². The van der Waals surface area contributed by atoms with Crippen LogP contribution in [-0.4, -0.2) is 21.3 Å². The summed E-state index contributed by atoms with van der Waals surface area (Å²) in [6, 6.07) is 0. The average Bonchev–Trinajstić information content (AvgIpc) is 2.48. The lowest BCUT2D eigenvalue weighted by Crippen LogP contribution is -2.01. The van der Waals surface area contributed by atoms with E-state index in [-0.39, 0.29) is 5.69 Å². The van der Waals surface area contributed by atoms with Crippen molar-refractivity contribution in [3.63, 3.8) is 0 Å². The number of carbonyl (C=O) groups is 1. The minimum Gasteiger partial charge on any atom is -0.476 e. The van der Waals surface area contributed by atoms with E-state index in [2.05, 4.69) is 16.8 Å². The van der Waals surface area contributed by atoms with Crippen LogP contribution in [0.1, 0.15) is 28.7 Å². The largest absolute Gasteiger partial charge is 0.476 e. The van der Waals surface area contributed by atoms with E-state index in [9.17, 15) is 4.79 Å². The third kappa shape index (κ3) is 1.77. The molecule has 4 heteroatoms. The third-order valence-corrected chi connectivity index (χ3v) is 1.86. The molecule has 1 rings (SSSR count). The normalized spacial score (nSPS) is 9.92. The molecule has 0 fully saturated rings. The maximum absolute atomic E-state index is 10.7. The van der Waals surface area contributed by atoms with Crippen LogP contribution in [0.4, 0.5) is 0 Å². The van der Waals surface area contributed by atoms with E-state index >= 15 is 0 Å². The van der Waals surface area contributed by atoms with E-state index in [1.54, 1.807) is 6.08 Å². The van der Waals surface area contributed by atoms with Gasteiger partial charge in [-0.25, -0.2) is 4.79 Å². The third-order valence-electron chi connectivity index (χ3n) is 1.86. The molecule has 0 aliphatic heterocycles. The van der Waals surface area contributed by atoms with E-state index < -0.39 is 5.97 Å². The van der Waals surface area contributed by atoms with E-state index in [4.69, 9.17) is 5.11 Å².